The SMILES string of the molecule is CN1CCN(C(=O)CCCOc2cccc(Br)c2)CC1. The molecule has 0 bridgehead atoms. The van der Waals surface area contributed by atoms with Gasteiger partial charge in [0, 0.05) is 37.1 Å². The van der Waals surface area contributed by atoms with Gasteiger partial charge in [0.15, 0.2) is 0 Å². The summed E-state index contributed by atoms with van der Waals surface area (Å²) in [4.78, 5) is 16.2. The Bertz CT molecular complexity index is 445. The van der Waals surface area contributed by atoms with Gasteiger partial charge in [-0.05, 0) is 31.7 Å². The average Bonchev–Trinajstić information content (AvgIpc) is 2.44. The Morgan fingerprint density at radius 2 is 2.05 bits per heavy atom. The number of nitrogens with zero attached hydrogens (tertiary/aromatic N) is 2. The van der Waals surface area contributed by atoms with E-state index in [1.165, 1.54) is 0 Å². The highest BCUT2D eigenvalue weighted by Gasteiger charge is 2.18. The summed E-state index contributed by atoms with van der Waals surface area (Å²) in [6, 6.07) is 7.76. The van der Waals surface area contributed by atoms with Crippen LogP contribution < -0.4 is 4.74 Å². The van der Waals surface area contributed by atoms with Gasteiger partial charge in [0.2, 0.25) is 5.91 Å². The summed E-state index contributed by atoms with van der Waals surface area (Å²) >= 11 is 3.41. The van der Waals surface area contributed by atoms with E-state index in [0.29, 0.717) is 13.0 Å². The molecule has 110 valence electrons. The highest BCUT2D eigenvalue weighted by Crippen LogP contribution is 2.18. The lowest BCUT2D eigenvalue weighted by Crippen LogP contribution is -2.47. The Morgan fingerprint density at radius 1 is 1.30 bits per heavy atom. The van der Waals surface area contributed by atoms with E-state index in [-0.39, 0.29) is 5.91 Å². The van der Waals surface area contributed by atoms with E-state index in [0.717, 1.165) is 42.8 Å². The average molecular weight is 341 g/mol. The van der Waals surface area contributed by atoms with Gasteiger partial charge in [-0.15, -0.1) is 0 Å². The minimum Gasteiger partial charge on any atom is -0.494 e. The fraction of sp³-hybridized carbons (Fsp3) is 0.533. The molecule has 0 aromatic heterocycles. The molecule has 1 amide bonds. The molecular weight excluding hydrogens is 320 g/mol. The molecule has 0 atom stereocenters. The summed E-state index contributed by atoms with van der Waals surface area (Å²) in [5, 5.41) is 0. The fourth-order valence-electron chi connectivity index (χ4n) is 2.18. The van der Waals surface area contributed by atoms with Gasteiger partial charge in [0.25, 0.3) is 0 Å². The maximum Gasteiger partial charge on any atom is 0.222 e. The first-order chi connectivity index (χ1) is 9.65. The number of carbonyl (C=O) groups is 1. The first-order valence-electron chi connectivity index (χ1n) is 7.00. The van der Waals surface area contributed by atoms with E-state index >= 15 is 0 Å². The van der Waals surface area contributed by atoms with Gasteiger partial charge in [0.05, 0.1) is 6.61 Å². The van der Waals surface area contributed by atoms with Crippen LogP contribution in [0.1, 0.15) is 12.8 Å². The Hall–Kier alpha value is -1.07. The van der Waals surface area contributed by atoms with Gasteiger partial charge in [-0.3, -0.25) is 4.79 Å². The third-order valence-electron chi connectivity index (χ3n) is 3.46. The number of amides is 1. The number of benzene rings is 1. The van der Waals surface area contributed by atoms with Crippen molar-refractivity contribution in [2.75, 3.05) is 39.8 Å². The summed E-state index contributed by atoms with van der Waals surface area (Å²) < 4.78 is 6.64. The van der Waals surface area contributed by atoms with Crippen LogP contribution in [0.25, 0.3) is 0 Å². The Morgan fingerprint density at radius 3 is 2.75 bits per heavy atom. The molecule has 5 heteroatoms. The standard InChI is InChI=1S/C15H21BrN2O2/c1-17-7-9-18(10-8-17)15(19)6-3-11-20-14-5-2-4-13(16)12-14/h2,4-5,12H,3,6-11H2,1H3. The zero-order valence-electron chi connectivity index (χ0n) is 11.8. The molecule has 1 aliphatic rings. The monoisotopic (exact) mass is 340 g/mol. The van der Waals surface area contributed by atoms with E-state index in [2.05, 4.69) is 27.9 Å². The topological polar surface area (TPSA) is 32.8 Å². The van der Waals surface area contributed by atoms with E-state index in [9.17, 15) is 4.79 Å². The third kappa shape index (κ3) is 4.80. The molecule has 4 nitrogen and oxygen atoms in total. The molecule has 1 heterocycles. The van der Waals surface area contributed by atoms with Crippen molar-refractivity contribution in [2.45, 2.75) is 12.8 Å². The molecule has 1 saturated heterocycles. The second kappa shape index (κ2) is 7.64. The van der Waals surface area contributed by atoms with Crippen molar-refractivity contribution in [1.82, 2.24) is 9.80 Å². The number of rotatable bonds is 5. The summed E-state index contributed by atoms with van der Waals surface area (Å²) in [5.41, 5.74) is 0. The summed E-state index contributed by atoms with van der Waals surface area (Å²) in [5.74, 6) is 1.09. The lowest BCUT2D eigenvalue weighted by molar-refractivity contribution is -0.133. The van der Waals surface area contributed by atoms with Crippen molar-refractivity contribution in [3.05, 3.63) is 28.7 Å². The van der Waals surface area contributed by atoms with Crippen molar-refractivity contribution < 1.29 is 9.53 Å². The zero-order chi connectivity index (χ0) is 14.4. The summed E-state index contributed by atoms with van der Waals surface area (Å²) in [6.45, 7) is 4.22. The normalized spacial score (nSPS) is 16.2. The molecule has 0 N–H and O–H groups in total. The maximum atomic E-state index is 12.0. The minimum absolute atomic E-state index is 0.246. The smallest absolute Gasteiger partial charge is 0.222 e. The van der Waals surface area contributed by atoms with Gasteiger partial charge < -0.3 is 14.5 Å². The molecular formula is C15H21BrN2O2. The molecule has 2 rings (SSSR count). The third-order valence-corrected chi connectivity index (χ3v) is 3.95. The van der Waals surface area contributed by atoms with Gasteiger partial charge in [-0.2, -0.15) is 0 Å². The second-order valence-corrected chi connectivity index (χ2v) is 6.01. The van der Waals surface area contributed by atoms with Crippen LogP contribution in [0.2, 0.25) is 0 Å². The Balaban J connectivity index is 1.64. The molecule has 20 heavy (non-hydrogen) atoms. The fourth-order valence-corrected chi connectivity index (χ4v) is 2.56. The first kappa shape index (κ1) is 15.3. The molecule has 0 aliphatic carbocycles. The predicted molar refractivity (Wildman–Crippen MR) is 82.9 cm³/mol. The van der Waals surface area contributed by atoms with Gasteiger partial charge in [-0.1, -0.05) is 22.0 Å². The van der Waals surface area contributed by atoms with E-state index in [1.807, 2.05) is 29.2 Å². The maximum absolute atomic E-state index is 12.0. The van der Waals surface area contributed by atoms with Gasteiger partial charge in [-0.25, -0.2) is 0 Å². The van der Waals surface area contributed by atoms with Crippen LogP contribution in [0.3, 0.4) is 0 Å². The van der Waals surface area contributed by atoms with E-state index in [1.54, 1.807) is 0 Å². The van der Waals surface area contributed by atoms with Crippen molar-refractivity contribution in [3.8, 4) is 5.75 Å². The molecule has 1 fully saturated rings. The minimum atomic E-state index is 0.246. The van der Waals surface area contributed by atoms with Crippen LogP contribution in [0, 0.1) is 0 Å². The number of halogens is 1. The van der Waals surface area contributed by atoms with Crippen molar-refractivity contribution in [2.24, 2.45) is 0 Å². The summed E-state index contributed by atoms with van der Waals surface area (Å²) in [7, 11) is 2.09. The van der Waals surface area contributed by atoms with Crippen LogP contribution in [-0.4, -0.2) is 55.5 Å². The zero-order valence-corrected chi connectivity index (χ0v) is 13.4. The van der Waals surface area contributed by atoms with Crippen molar-refractivity contribution >= 4 is 21.8 Å². The number of ether oxygens (including phenoxy) is 1. The van der Waals surface area contributed by atoms with E-state index in [4.69, 9.17) is 4.74 Å². The summed E-state index contributed by atoms with van der Waals surface area (Å²) in [6.07, 6.45) is 1.33. The molecule has 1 aromatic carbocycles. The molecule has 0 radical (unpaired) electrons. The number of likely N-dealkylation sites (N-methyl/N-ethyl adjacent to an activating group) is 1. The Kier molecular flexibility index (Phi) is 5.86. The molecule has 1 aromatic rings. The van der Waals surface area contributed by atoms with Crippen LogP contribution in [0.5, 0.6) is 5.75 Å². The van der Waals surface area contributed by atoms with Crippen LogP contribution in [0.15, 0.2) is 28.7 Å². The number of hydrogen-bond donors (Lipinski definition) is 0. The first-order valence-corrected chi connectivity index (χ1v) is 7.79. The number of piperazine rings is 1. The second-order valence-electron chi connectivity index (χ2n) is 5.09. The van der Waals surface area contributed by atoms with E-state index < -0.39 is 0 Å². The van der Waals surface area contributed by atoms with Crippen LogP contribution in [0.4, 0.5) is 0 Å². The van der Waals surface area contributed by atoms with Gasteiger partial charge in [0.1, 0.15) is 5.75 Å². The lowest BCUT2D eigenvalue weighted by atomic mass is 10.2. The Labute approximate surface area is 128 Å². The highest BCUT2D eigenvalue weighted by atomic mass is 79.9. The molecule has 0 saturated carbocycles. The predicted octanol–water partition coefficient (Wildman–Crippen LogP) is 2.38. The van der Waals surface area contributed by atoms with Crippen LogP contribution in [-0.2, 0) is 4.79 Å². The highest BCUT2D eigenvalue weighted by molar-refractivity contribution is 9.10. The molecule has 0 spiro atoms. The molecule has 1 aliphatic heterocycles. The van der Waals surface area contributed by atoms with Crippen LogP contribution >= 0.6 is 15.9 Å². The van der Waals surface area contributed by atoms with Crippen molar-refractivity contribution in [1.29, 1.82) is 0 Å². The number of carbonyl (C=O) groups excluding carboxylic acids is 1. The molecule has 0 unspecified atom stereocenters. The quantitative estimate of drug-likeness (QED) is 0.771. The lowest BCUT2D eigenvalue weighted by Gasteiger charge is -2.32. The number of hydrogen-bond acceptors (Lipinski definition) is 3. The van der Waals surface area contributed by atoms with Gasteiger partial charge >= 0.3 is 0 Å². The van der Waals surface area contributed by atoms with Crippen molar-refractivity contribution in [3.63, 3.8) is 0 Å². The largest absolute Gasteiger partial charge is 0.494 e.